The summed E-state index contributed by atoms with van der Waals surface area (Å²) >= 11 is 0. The number of nitrogens with zero attached hydrogens (tertiary/aromatic N) is 2. The highest BCUT2D eigenvalue weighted by atomic mass is 16.1. The Hall–Kier alpha value is -1.38. The molecule has 14 heavy (non-hydrogen) atoms. The zero-order valence-electron chi connectivity index (χ0n) is 8.52. The van der Waals surface area contributed by atoms with Crippen molar-refractivity contribution in [1.82, 2.24) is 9.88 Å². The van der Waals surface area contributed by atoms with Gasteiger partial charge >= 0.3 is 0 Å². The number of carbonyl (C=O) groups excluding carboxylic acids is 1. The van der Waals surface area contributed by atoms with Crippen LogP contribution in [0.25, 0.3) is 0 Å². The number of aryl methyl sites for hydroxylation is 1. The van der Waals surface area contributed by atoms with Gasteiger partial charge < -0.3 is 4.90 Å². The number of amides is 1. The molecule has 0 spiro atoms. The van der Waals surface area contributed by atoms with Gasteiger partial charge in [0.05, 0.1) is 0 Å². The summed E-state index contributed by atoms with van der Waals surface area (Å²) in [6.45, 7) is 0.837. The van der Waals surface area contributed by atoms with Crippen LogP contribution in [0.5, 0.6) is 0 Å². The Morgan fingerprint density at radius 1 is 1.50 bits per heavy atom. The molecule has 0 aromatic carbocycles. The van der Waals surface area contributed by atoms with Crippen molar-refractivity contribution in [2.45, 2.75) is 19.3 Å². The van der Waals surface area contributed by atoms with E-state index in [2.05, 4.69) is 11.1 Å². The van der Waals surface area contributed by atoms with E-state index in [0.717, 1.165) is 32.2 Å². The number of carbonyl (C=O) groups is 1. The van der Waals surface area contributed by atoms with E-state index in [1.807, 2.05) is 12.3 Å². The van der Waals surface area contributed by atoms with Crippen LogP contribution in [-0.4, -0.2) is 29.9 Å². The first kappa shape index (κ1) is 10.7. The van der Waals surface area contributed by atoms with Crippen LogP contribution >= 0.6 is 0 Å². The predicted octanol–water partition coefficient (Wildman–Crippen LogP) is 1.49. The Bertz CT molecular complexity index is 261. The summed E-state index contributed by atoms with van der Waals surface area (Å²) in [6.07, 6.45) is 7.73. The van der Waals surface area contributed by atoms with Crippen molar-refractivity contribution in [1.29, 1.82) is 0 Å². The molecule has 1 heterocycles. The largest absolute Gasteiger partial charge is 0.348 e. The van der Waals surface area contributed by atoms with Crippen molar-refractivity contribution < 1.29 is 4.79 Å². The number of pyridine rings is 1. The summed E-state index contributed by atoms with van der Waals surface area (Å²) in [5.74, 6) is 0. The minimum Gasteiger partial charge on any atom is -0.348 e. The van der Waals surface area contributed by atoms with Crippen molar-refractivity contribution in [3.8, 4) is 0 Å². The van der Waals surface area contributed by atoms with Crippen LogP contribution in [0.15, 0.2) is 24.5 Å². The molecule has 1 aromatic rings. The predicted molar refractivity (Wildman–Crippen MR) is 55.9 cm³/mol. The second-order valence-electron chi connectivity index (χ2n) is 3.40. The van der Waals surface area contributed by atoms with E-state index in [9.17, 15) is 4.79 Å². The average molecular weight is 192 g/mol. The molecule has 0 bridgehead atoms. The van der Waals surface area contributed by atoms with Gasteiger partial charge in [-0.25, -0.2) is 0 Å². The molecule has 0 aliphatic rings. The van der Waals surface area contributed by atoms with Crippen LogP contribution in [-0.2, 0) is 11.2 Å². The van der Waals surface area contributed by atoms with Crippen molar-refractivity contribution in [3.63, 3.8) is 0 Å². The lowest BCUT2D eigenvalue weighted by atomic mass is 10.1. The van der Waals surface area contributed by atoms with E-state index < -0.39 is 0 Å². The fourth-order valence-corrected chi connectivity index (χ4v) is 1.29. The van der Waals surface area contributed by atoms with Gasteiger partial charge in [-0.05, 0) is 30.9 Å². The van der Waals surface area contributed by atoms with Crippen LogP contribution in [0.3, 0.4) is 0 Å². The van der Waals surface area contributed by atoms with E-state index in [-0.39, 0.29) is 0 Å². The second-order valence-corrected chi connectivity index (χ2v) is 3.40. The fraction of sp³-hybridized carbons (Fsp3) is 0.455. The molecule has 0 saturated heterocycles. The smallest absolute Gasteiger partial charge is 0.209 e. The molecular formula is C11H16N2O. The Morgan fingerprint density at radius 2 is 2.36 bits per heavy atom. The molecule has 0 saturated carbocycles. The van der Waals surface area contributed by atoms with Gasteiger partial charge in [0.2, 0.25) is 6.41 Å². The highest BCUT2D eigenvalue weighted by molar-refractivity contribution is 5.46. The summed E-state index contributed by atoms with van der Waals surface area (Å²) < 4.78 is 0. The quantitative estimate of drug-likeness (QED) is 0.505. The first-order valence-corrected chi connectivity index (χ1v) is 4.87. The maximum Gasteiger partial charge on any atom is 0.209 e. The molecule has 0 aliphatic heterocycles. The lowest BCUT2D eigenvalue weighted by molar-refractivity contribution is -0.117. The zero-order chi connectivity index (χ0) is 10.2. The third-order valence-electron chi connectivity index (χ3n) is 2.13. The maximum atomic E-state index is 10.3. The number of unbranched alkanes of at least 4 members (excludes halogenated alkanes) is 1. The molecule has 3 heteroatoms. The molecule has 1 amide bonds. The number of hydrogen-bond acceptors (Lipinski definition) is 2. The van der Waals surface area contributed by atoms with Gasteiger partial charge in [0.15, 0.2) is 0 Å². The SMILES string of the molecule is CN(C=O)CCCCc1cccnc1. The summed E-state index contributed by atoms with van der Waals surface area (Å²) in [4.78, 5) is 16.0. The zero-order valence-corrected chi connectivity index (χ0v) is 8.52. The molecule has 1 rings (SSSR count). The normalized spacial score (nSPS) is 9.79. The minimum absolute atomic E-state index is 0.837. The standard InChI is InChI=1S/C11H16N2O/c1-13(10-14)8-3-2-5-11-6-4-7-12-9-11/h4,6-7,9-10H,2-3,5,8H2,1H3. The molecule has 0 N–H and O–H groups in total. The monoisotopic (exact) mass is 192 g/mol. The molecule has 0 radical (unpaired) electrons. The van der Waals surface area contributed by atoms with E-state index >= 15 is 0 Å². The third-order valence-corrected chi connectivity index (χ3v) is 2.13. The van der Waals surface area contributed by atoms with E-state index in [1.165, 1.54) is 5.56 Å². The first-order chi connectivity index (χ1) is 6.83. The van der Waals surface area contributed by atoms with Gasteiger partial charge in [-0.2, -0.15) is 0 Å². The van der Waals surface area contributed by atoms with Gasteiger partial charge in [-0.3, -0.25) is 9.78 Å². The molecular weight excluding hydrogens is 176 g/mol. The van der Waals surface area contributed by atoms with Crippen LogP contribution < -0.4 is 0 Å². The summed E-state index contributed by atoms with van der Waals surface area (Å²) in [7, 11) is 1.80. The topological polar surface area (TPSA) is 33.2 Å². The van der Waals surface area contributed by atoms with E-state index in [4.69, 9.17) is 0 Å². The van der Waals surface area contributed by atoms with Gasteiger partial charge in [-0.1, -0.05) is 6.07 Å². The third kappa shape index (κ3) is 4.03. The van der Waals surface area contributed by atoms with E-state index in [0.29, 0.717) is 0 Å². The number of rotatable bonds is 6. The van der Waals surface area contributed by atoms with Gasteiger partial charge in [0, 0.05) is 26.0 Å². The molecule has 0 aliphatic carbocycles. The second kappa shape index (κ2) is 6.13. The Balaban J connectivity index is 2.13. The lowest BCUT2D eigenvalue weighted by Gasteiger charge is -2.09. The summed E-state index contributed by atoms with van der Waals surface area (Å²) in [6, 6.07) is 4.03. The summed E-state index contributed by atoms with van der Waals surface area (Å²) in [5, 5.41) is 0. The first-order valence-electron chi connectivity index (χ1n) is 4.87. The average Bonchev–Trinajstić information content (AvgIpc) is 2.25. The molecule has 0 fully saturated rings. The van der Waals surface area contributed by atoms with Crippen LogP contribution in [0.4, 0.5) is 0 Å². The molecule has 1 aromatic heterocycles. The van der Waals surface area contributed by atoms with Crippen molar-refractivity contribution >= 4 is 6.41 Å². The Kier molecular flexibility index (Phi) is 4.69. The van der Waals surface area contributed by atoms with Crippen molar-refractivity contribution in [2.24, 2.45) is 0 Å². The molecule has 0 unspecified atom stereocenters. The Morgan fingerprint density at radius 3 is 3.00 bits per heavy atom. The van der Waals surface area contributed by atoms with Gasteiger partial charge in [0.25, 0.3) is 0 Å². The van der Waals surface area contributed by atoms with Crippen LogP contribution in [0.1, 0.15) is 18.4 Å². The minimum atomic E-state index is 0.837. The molecule has 3 nitrogen and oxygen atoms in total. The van der Waals surface area contributed by atoms with Gasteiger partial charge in [-0.15, -0.1) is 0 Å². The highest BCUT2D eigenvalue weighted by Gasteiger charge is 1.95. The fourth-order valence-electron chi connectivity index (χ4n) is 1.29. The number of aromatic nitrogens is 1. The van der Waals surface area contributed by atoms with Gasteiger partial charge in [0.1, 0.15) is 0 Å². The highest BCUT2D eigenvalue weighted by Crippen LogP contribution is 2.02. The van der Waals surface area contributed by atoms with Crippen LogP contribution in [0.2, 0.25) is 0 Å². The Labute approximate surface area is 84.8 Å². The van der Waals surface area contributed by atoms with E-state index in [1.54, 1.807) is 18.1 Å². The van der Waals surface area contributed by atoms with Crippen molar-refractivity contribution in [2.75, 3.05) is 13.6 Å². The molecule has 76 valence electrons. The molecule has 0 atom stereocenters. The number of hydrogen-bond donors (Lipinski definition) is 0. The van der Waals surface area contributed by atoms with Crippen molar-refractivity contribution in [3.05, 3.63) is 30.1 Å². The lowest BCUT2D eigenvalue weighted by Crippen LogP contribution is -2.16. The summed E-state index contributed by atoms with van der Waals surface area (Å²) in [5.41, 5.74) is 1.27. The van der Waals surface area contributed by atoms with Crippen LogP contribution in [0, 0.1) is 0 Å². The maximum absolute atomic E-state index is 10.3.